The van der Waals surface area contributed by atoms with Crippen molar-refractivity contribution in [1.82, 2.24) is 0 Å². The molecule has 0 spiro atoms. The first-order valence-electron chi connectivity index (χ1n) is 5.63. The number of rotatable bonds is 3. The summed E-state index contributed by atoms with van der Waals surface area (Å²) < 4.78 is 37.0. The van der Waals surface area contributed by atoms with E-state index in [2.05, 4.69) is 5.16 Å². The second-order valence-electron chi connectivity index (χ2n) is 4.72. The van der Waals surface area contributed by atoms with Gasteiger partial charge in [0.1, 0.15) is 5.82 Å². The van der Waals surface area contributed by atoms with Gasteiger partial charge in [-0.05, 0) is 24.6 Å². The largest absolute Gasteiger partial charge is 0.387 e. The topological polar surface area (TPSA) is 55.7 Å². The van der Waals surface area contributed by atoms with Crippen molar-refractivity contribution < 1.29 is 17.6 Å². The first-order chi connectivity index (χ1) is 8.85. The third kappa shape index (κ3) is 3.25. The number of benzene rings is 1. The van der Waals surface area contributed by atoms with E-state index in [0.29, 0.717) is 5.56 Å². The highest BCUT2D eigenvalue weighted by Gasteiger charge is 2.38. The molecule has 0 N–H and O–H groups in total. The van der Waals surface area contributed by atoms with Crippen LogP contribution in [0.3, 0.4) is 0 Å². The van der Waals surface area contributed by atoms with Gasteiger partial charge in [0.15, 0.2) is 20.5 Å². The summed E-state index contributed by atoms with van der Waals surface area (Å²) in [6.45, 7) is 1.70. The maximum absolute atomic E-state index is 12.8. The lowest BCUT2D eigenvalue weighted by Crippen LogP contribution is -2.28. The summed E-state index contributed by atoms with van der Waals surface area (Å²) in [7, 11) is -3.56. The van der Waals surface area contributed by atoms with Gasteiger partial charge >= 0.3 is 0 Å². The van der Waals surface area contributed by atoms with Gasteiger partial charge < -0.3 is 4.84 Å². The second kappa shape index (κ2) is 5.09. The number of hydrogen-bond acceptors (Lipinski definition) is 4. The summed E-state index contributed by atoms with van der Waals surface area (Å²) in [6, 6.07) is 5.31. The molecule has 19 heavy (non-hydrogen) atoms. The van der Waals surface area contributed by atoms with Crippen LogP contribution < -0.4 is 0 Å². The van der Waals surface area contributed by atoms with Gasteiger partial charge in [-0.15, -0.1) is 11.6 Å². The minimum atomic E-state index is -3.56. The molecule has 0 saturated carbocycles. The van der Waals surface area contributed by atoms with Gasteiger partial charge in [-0.3, -0.25) is 0 Å². The molecule has 0 saturated heterocycles. The van der Waals surface area contributed by atoms with Crippen molar-refractivity contribution in [3.63, 3.8) is 0 Å². The number of sulfone groups is 1. The van der Waals surface area contributed by atoms with E-state index in [0.717, 1.165) is 0 Å². The van der Waals surface area contributed by atoms with Crippen LogP contribution in [0.2, 0.25) is 0 Å². The van der Waals surface area contributed by atoms with Gasteiger partial charge in [0.25, 0.3) is 0 Å². The van der Waals surface area contributed by atoms with E-state index < -0.39 is 21.3 Å². The predicted molar refractivity (Wildman–Crippen MR) is 71.3 cm³/mol. The molecule has 0 fully saturated rings. The molecule has 7 heteroatoms. The minimum absolute atomic E-state index is 0.0139. The number of halogens is 2. The van der Waals surface area contributed by atoms with Gasteiger partial charge in [-0.2, -0.15) is 0 Å². The molecule has 2 rings (SSSR count). The normalized spacial score (nSPS) is 23.0. The van der Waals surface area contributed by atoms with Gasteiger partial charge in [-0.25, -0.2) is 12.8 Å². The molecule has 0 radical (unpaired) electrons. The Morgan fingerprint density at radius 1 is 1.42 bits per heavy atom. The fraction of sp³-hybridized carbons (Fsp3) is 0.417. The van der Waals surface area contributed by atoms with Gasteiger partial charge in [0.05, 0.1) is 11.6 Å². The average Bonchev–Trinajstić information content (AvgIpc) is 2.76. The second-order valence-corrected chi connectivity index (χ2v) is 6.98. The van der Waals surface area contributed by atoms with Crippen molar-refractivity contribution in [1.29, 1.82) is 0 Å². The lowest BCUT2D eigenvalue weighted by atomic mass is 10.1. The highest BCUT2D eigenvalue weighted by Crippen LogP contribution is 2.28. The van der Waals surface area contributed by atoms with Crippen LogP contribution in [0.1, 0.15) is 18.9 Å². The smallest absolute Gasteiger partial charge is 0.199 e. The van der Waals surface area contributed by atoms with E-state index in [1.807, 2.05) is 0 Å². The van der Waals surface area contributed by atoms with Gasteiger partial charge in [0.2, 0.25) is 0 Å². The van der Waals surface area contributed by atoms with Gasteiger partial charge in [0, 0.05) is 6.42 Å². The summed E-state index contributed by atoms with van der Waals surface area (Å²) in [5, 5.41) is 3.60. The molecule has 1 aromatic carbocycles. The maximum atomic E-state index is 12.8. The maximum Gasteiger partial charge on any atom is 0.199 e. The Morgan fingerprint density at radius 2 is 2.05 bits per heavy atom. The van der Waals surface area contributed by atoms with Crippen LogP contribution in [-0.2, 0) is 20.4 Å². The van der Waals surface area contributed by atoms with Crippen LogP contribution in [0.4, 0.5) is 4.39 Å². The predicted octanol–water partition coefficient (Wildman–Crippen LogP) is 2.47. The molecule has 1 aromatic rings. The highest BCUT2D eigenvalue weighted by molar-refractivity contribution is 8.05. The van der Waals surface area contributed by atoms with Crippen molar-refractivity contribution in [3.05, 3.63) is 35.6 Å². The molecule has 0 amide bonds. The molecule has 0 aliphatic carbocycles. The first kappa shape index (κ1) is 14.3. The molecule has 1 aliphatic rings. The molecule has 4 nitrogen and oxygen atoms in total. The molecule has 1 heterocycles. The van der Waals surface area contributed by atoms with E-state index in [1.165, 1.54) is 24.3 Å². The third-order valence-corrected chi connectivity index (χ3v) is 5.02. The number of alkyl halides is 1. The van der Waals surface area contributed by atoms with Gasteiger partial charge in [-0.1, -0.05) is 17.3 Å². The molecule has 0 bridgehead atoms. The summed E-state index contributed by atoms with van der Waals surface area (Å²) in [5.74, 6) is -0.475. The highest BCUT2D eigenvalue weighted by atomic mass is 35.5. The van der Waals surface area contributed by atoms with Crippen LogP contribution in [0, 0.1) is 5.82 Å². The van der Waals surface area contributed by atoms with E-state index in [-0.39, 0.29) is 23.1 Å². The lowest BCUT2D eigenvalue weighted by Gasteiger charge is -2.16. The Bertz CT molecular complexity index is 600. The molecular formula is C12H13ClFNO3S. The van der Waals surface area contributed by atoms with Crippen molar-refractivity contribution in [2.24, 2.45) is 5.16 Å². The third-order valence-electron chi connectivity index (χ3n) is 2.80. The van der Waals surface area contributed by atoms with E-state index in [4.69, 9.17) is 16.4 Å². The molecule has 1 atom stereocenters. The summed E-state index contributed by atoms with van der Waals surface area (Å²) in [4.78, 5) is 5.06. The van der Waals surface area contributed by atoms with Crippen LogP contribution >= 0.6 is 11.6 Å². The molecular weight excluding hydrogens is 293 g/mol. The zero-order valence-corrected chi connectivity index (χ0v) is 11.8. The first-order valence-corrected chi connectivity index (χ1v) is 7.82. The Hall–Kier alpha value is -1.14. The van der Waals surface area contributed by atoms with Crippen molar-refractivity contribution in [3.8, 4) is 0 Å². The zero-order valence-electron chi connectivity index (χ0n) is 10.3. The minimum Gasteiger partial charge on any atom is -0.387 e. The molecule has 1 aliphatic heterocycles. The summed E-state index contributed by atoms with van der Waals surface area (Å²) >= 11 is 5.71. The zero-order chi connectivity index (χ0) is 14.1. The summed E-state index contributed by atoms with van der Waals surface area (Å²) in [5.41, 5.74) is -0.268. The lowest BCUT2D eigenvalue weighted by molar-refractivity contribution is 0.0152. The quantitative estimate of drug-likeness (QED) is 0.806. The fourth-order valence-corrected chi connectivity index (χ4v) is 3.28. The van der Waals surface area contributed by atoms with E-state index >= 15 is 0 Å². The number of hydrogen-bond donors (Lipinski definition) is 0. The van der Waals surface area contributed by atoms with Crippen molar-refractivity contribution >= 4 is 26.5 Å². The molecule has 0 aromatic heterocycles. The Morgan fingerprint density at radius 3 is 2.58 bits per heavy atom. The van der Waals surface area contributed by atoms with Crippen LogP contribution in [0.5, 0.6) is 0 Å². The van der Waals surface area contributed by atoms with Crippen molar-refractivity contribution in [2.75, 3.05) is 5.88 Å². The Kier molecular flexibility index (Phi) is 3.82. The fourth-order valence-electron chi connectivity index (χ4n) is 1.67. The van der Waals surface area contributed by atoms with Crippen LogP contribution in [0.15, 0.2) is 29.4 Å². The van der Waals surface area contributed by atoms with Crippen molar-refractivity contribution in [2.45, 2.75) is 24.7 Å². The number of oxime groups is 1. The van der Waals surface area contributed by atoms with E-state index in [1.54, 1.807) is 6.92 Å². The van der Waals surface area contributed by atoms with E-state index in [9.17, 15) is 12.8 Å². The molecule has 1 unspecified atom stereocenters. The standard InChI is InChI=1S/C12H13ClFNO3S/c1-12(8-13)6-11(15-18-12)19(16,17)7-9-2-4-10(14)5-3-9/h2-5H,6-8H2,1H3. The number of nitrogens with zero attached hydrogens (tertiary/aromatic N) is 1. The Labute approximate surface area is 116 Å². The van der Waals surface area contributed by atoms with Crippen LogP contribution in [0.25, 0.3) is 0 Å². The monoisotopic (exact) mass is 305 g/mol. The Balaban J connectivity index is 2.14. The van der Waals surface area contributed by atoms with Crippen LogP contribution in [-0.4, -0.2) is 24.9 Å². The summed E-state index contributed by atoms with van der Waals surface area (Å²) in [6.07, 6.45) is 0.153. The molecule has 104 valence electrons. The SMILES string of the molecule is CC1(CCl)CC(S(=O)(=O)Cc2ccc(F)cc2)=NO1. The average molecular weight is 306 g/mol.